The molecule has 1 N–H and O–H groups in total. The molecule has 12 rings (SSSR count). The Morgan fingerprint density at radius 3 is 1.22 bits per heavy atom. The van der Waals surface area contributed by atoms with Gasteiger partial charge in [0, 0.05) is 74.7 Å². The third kappa shape index (κ3) is 19.9. The summed E-state index contributed by atoms with van der Waals surface area (Å²) in [5, 5.41) is 14.5. The number of nitrogens with zero attached hydrogens (tertiary/aromatic N) is 9. The number of ether oxygens (including phenoxy) is 8. The minimum absolute atomic E-state index is 0.00345. The van der Waals surface area contributed by atoms with Crippen LogP contribution in [0.3, 0.4) is 0 Å². The largest absolute Gasteiger partial charge is 0.495 e. The summed E-state index contributed by atoms with van der Waals surface area (Å²) in [5.41, 5.74) is 9.37. The maximum Gasteiger partial charge on any atom is 0.295 e. The van der Waals surface area contributed by atoms with Crippen molar-refractivity contribution in [3.63, 3.8) is 0 Å². The Balaban J connectivity index is 0.000000161. The number of benzene rings is 4. The lowest BCUT2D eigenvalue weighted by Gasteiger charge is -2.15. The first kappa shape index (κ1) is 79.5. The van der Waals surface area contributed by atoms with E-state index in [0.29, 0.717) is 130 Å². The van der Waals surface area contributed by atoms with Crippen LogP contribution in [0.5, 0.6) is 46.0 Å². The predicted octanol–water partition coefficient (Wildman–Crippen LogP) is 23.0. The molecular weight excluding hydrogens is 1440 g/mol. The summed E-state index contributed by atoms with van der Waals surface area (Å²) in [6.07, 6.45) is 6.87. The molecule has 0 aliphatic rings. The monoisotopic (exact) mass is 1530 g/mol. The van der Waals surface area contributed by atoms with Crippen molar-refractivity contribution in [1.82, 2.24) is 44.9 Å². The normalized spacial score (nSPS) is 11.4. The summed E-state index contributed by atoms with van der Waals surface area (Å²) in [7, 11) is 3.17. The second kappa shape index (κ2) is 36.4. The zero-order valence-electron chi connectivity index (χ0n) is 62.2. The summed E-state index contributed by atoms with van der Waals surface area (Å²) in [4.78, 5) is 41.6. The summed E-state index contributed by atoms with van der Waals surface area (Å²) in [6.45, 7) is 35.7. The molecule has 0 saturated carbocycles. The van der Waals surface area contributed by atoms with Crippen LogP contribution in [0.1, 0.15) is 152 Å². The number of rotatable bonds is 24. The van der Waals surface area contributed by atoms with E-state index in [1.54, 1.807) is 55.6 Å². The highest BCUT2D eigenvalue weighted by atomic mass is 35.5. The van der Waals surface area contributed by atoms with Crippen LogP contribution in [0.4, 0.5) is 6.01 Å². The highest BCUT2D eigenvalue weighted by molar-refractivity contribution is 7.13. The van der Waals surface area contributed by atoms with Crippen molar-refractivity contribution < 1.29 is 42.3 Å². The van der Waals surface area contributed by atoms with Gasteiger partial charge in [-0.15, -0.1) is 22.7 Å². The van der Waals surface area contributed by atoms with Gasteiger partial charge in [0.15, 0.2) is 0 Å². The Morgan fingerprint density at radius 1 is 0.423 bits per heavy atom. The first-order valence-corrected chi connectivity index (χ1v) is 37.9. The summed E-state index contributed by atoms with van der Waals surface area (Å²) in [6, 6.07) is 23.4. The molecule has 0 saturated heterocycles. The molecule has 0 atom stereocenters. The molecule has 0 radical (unpaired) electrons. The minimum atomic E-state index is 0.00345. The van der Waals surface area contributed by atoms with Crippen LogP contribution in [0.2, 0.25) is 20.1 Å². The Bertz CT molecular complexity index is 4910. The molecule has 0 spiro atoms. The molecule has 8 aromatic heterocycles. The van der Waals surface area contributed by atoms with Gasteiger partial charge >= 0.3 is 0 Å². The number of aryl methyl sites for hydroxylation is 1. The van der Waals surface area contributed by atoms with Crippen molar-refractivity contribution in [2.24, 2.45) is 0 Å². The molecule has 0 aliphatic carbocycles. The van der Waals surface area contributed by atoms with Gasteiger partial charge < -0.3 is 47.6 Å². The number of pyridine rings is 4. The van der Waals surface area contributed by atoms with E-state index >= 15 is 0 Å². The van der Waals surface area contributed by atoms with Crippen molar-refractivity contribution in [3.05, 3.63) is 139 Å². The zero-order chi connectivity index (χ0) is 75.2. The van der Waals surface area contributed by atoms with Gasteiger partial charge in [0.05, 0.1) is 114 Å². The number of hydrogen-bond donors (Lipinski definition) is 1. The van der Waals surface area contributed by atoms with E-state index in [2.05, 4.69) is 65.3 Å². The number of halogens is 4. The molecule has 8 heterocycles. The number of hydrogen-bond acceptors (Lipinski definition) is 21. The highest BCUT2D eigenvalue weighted by Crippen LogP contribution is 2.44. The highest BCUT2D eigenvalue weighted by Gasteiger charge is 2.23. The Kier molecular flexibility index (Phi) is 27.9. The lowest BCUT2D eigenvalue weighted by Crippen LogP contribution is -2.09. The van der Waals surface area contributed by atoms with Gasteiger partial charge in [-0.05, 0) is 143 Å². The fraction of sp³-hybridized carbons (Fsp3) is 0.380. The van der Waals surface area contributed by atoms with Crippen molar-refractivity contribution in [2.75, 3.05) is 32.8 Å². The second-order valence-electron chi connectivity index (χ2n) is 26.2. The SMILES string of the molecule is CCCOc1ccc2c(OC(C)C)cc(-c3coc(NC(C)C)n3)nc2c1Cl.CCCOc1ccc2c(OC(C)C)cc(-c3nc(C(C)C)cs3)nc2c1Cl.COc1ccc2c(OC(C)C)cc(-c3cncc(C)n3)nc2c1Cl.COc1ccc2c(OC(C)C)cc(-c3csc(C(C)C)n3)nc2c1Cl. The van der Waals surface area contributed by atoms with Gasteiger partial charge in [-0.2, -0.15) is 4.98 Å². The Hall–Kier alpha value is -8.57. The van der Waals surface area contributed by atoms with Crippen LogP contribution in [0, 0.1) is 6.92 Å². The van der Waals surface area contributed by atoms with Crippen molar-refractivity contribution in [2.45, 2.75) is 173 Å². The molecule has 0 amide bonds. The molecule has 4 aromatic carbocycles. The van der Waals surface area contributed by atoms with E-state index in [-0.39, 0.29) is 30.5 Å². The first-order valence-electron chi connectivity index (χ1n) is 34.6. The quantitative estimate of drug-likeness (QED) is 0.0595. The Morgan fingerprint density at radius 2 is 0.837 bits per heavy atom. The molecule has 550 valence electrons. The minimum Gasteiger partial charge on any atom is -0.495 e. The average Bonchev–Trinajstić information content (AvgIpc) is 1.03. The first-order chi connectivity index (χ1) is 49.7. The molecule has 104 heavy (non-hydrogen) atoms. The number of oxazole rings is 1. The molecule has 12 aromatic rings. The summed E-state index contributed by atoms with van der Waals surface area (Å²) < 4.78 is 51.7. The van der Waals surface area contributed by atoms with Crippen LogP contribution in [0.15, 0.2) is 107 Å². The summed E-state index contributed by atoms with van der Waals surface area (Å²) >= 11 is 29.5. The number of aromatic nitrogens is 9. The van der Waals surface area contributed by atoms with E-state index in [1.807, 2.05) is 161 Å². The topological polar surface area (TPSA) is 215 Å². The Labute approximate surface area is 636 Å². The van der Waals surface area contributed by atoms with Gasteiger partial charge in [-0.1, -0.05) is 87.9 Å². The van der Waals surface area contributed by atoms with Crippen LogP contribution in [-0.2, 0) is 0 Å². The zero-order valence-corrected chi connectivity index (χ0v) is 66.9. The number of nitrogens with one attached hydrogen (secondary N) is 1. The van der Waals surface area contributed by atoms with Crippen molar-refractivity contribution in [3.8, 4) is 90.9 Å². The van der Waals surface area contributed by atoms with E-state index in [1.165, 1.54) is 0 Å². The van der Waals surface area contributed by atoms with Gasteiger partial charge in [-0.3, -0.25) is 4.98 Å². The van der Waals surface area contributed by atoms with Crippen LogP contribution in [0.25, 0.3) is 88.5 Å². The van der Waals surface area contributed by atoms with Crippen LogP contribution in [-0.4, -0.2) is 103 Å². The third-order valence-electron chi connectivity index (χ3n) is 15.0. The molecule has 0 aliphatic heterocycles. The van der Waals surface area contributed by atoms with Crippen LogP contribution < -0.4 is 43.2 Å². The van der Waals surface area contributed by atoms with Gasteiger partial charge in [0.1, 0.15) is 100 Å². The summed E-state index contributed by atoms with van der Waals surface area (Å²) in [5.74, 6) is 6.09. The van der Waals surface area contributed by atoms with Gasteiger partial charge in [0.25, 0.3) is 6.01 Å². The lowest BCUT2D eigenvalue weighted by atomic mass is 10.1. The fourth-order valence-corrected chi connectivity index (χ4v) is 13.2. The standard InChI is InChI=1S/C21H26ClN3O3.C21H25ClN2O2S.C19H21ClN2O2S.C18H18ClN3O2/c1-6-9-26-17-8-7-14-18(28-13(4)5)10-15(24-20(14)19(17)22)16-11-27-21(25-16)23-12(2)3;1-6-9-25-17-8-7-14-18(26-13(4)5)10-15(23-20(14)19(17)22)21-24-16(11-27-21)12(2)3;1-10(2)19-22-14(9-25-19)13-8-16(24-11(3)4)12-6-7-15(23-5)17(20)18(12)21-13;1-10(2)24-16-7-13(14-9-20-8-11(3)21-14)22-18-12(16)5-6-15(23-4)17(18)19/h7-8,10-13H,6,9H2,1-5H3,(H,23,25);7-8,10-13H,6,9H2,1-5H3;6-11H,1-5H3;5-10H,1-4H3. The fourth-order valence-electron chi connectivity index (χ4n) is 10.3. The maximum absolute atomic E-state index is 6.64. The van der Waals surface area contributed by atoms with Crippen molar-refractivity contribution >= 4 is 119 Å². The molecule has 0 bridgehead atoms. The smallest absolute Gasteiger partial charge is 0.295 e. The molecule has 19 nitrogen and oxygen atoms in total. The van der Waals surface area contributed by atoms with Gasteiger partial charge in [-0.25, -0.2) is 34.9 Å². The maximum atomic E-state index is 6.64. The van der Waals surface area contributed by atoms with E-state index in [9.17, 15) is 0 Å². The van der Waals surface area contributed by atoms with Crippen molar-refractivity contribution in [1.29, 1.82) is 0 Å². The van der Waals surface area contributed by atoms with E-state index in [0.717, 1.165) is 84.4 Å². The lowest BCUT2D eigenvalue weighted by molar-refractivity contribution is 0.245. The van der Waals surface area contributed by atoms with E-state index < -0.39 is 0 Å². The molecule has 0 unspecified atom stereocenters. The number of fused-ring (bicyclic) bond motifs is 4. The molecule has 0 fully saturated rings. The van der Waals surface area contributed by atoms with Gasteiger partial charge in [0.2, 0.25) is 0 Å². The number of thiazole rings is 2. The number of anilines is 1. The average molecular weight is 1530 g/mol. The molecule has 25 heteroatoms. The van der Waals surface area contributed by atoms with E-state index in [4.69, 9.17) is 114 Å². The second-order valence-corrected chi connectivity index (χ2v) is 29.5. The van der Waals surface area contributed by atoms with Crippen LogP contribution >= 0.6 is 69.1 Å². The molecular formula is C79H90Cl4N10O9S2. The predicted molar refractivity (Wildman–Crippen MR) is 425 cm³/mol. The number of methoxy groups -OCH3 is 2. The third-order valence-corrected chi connectivity index (χ3v) is 18.5.